The molecule has 2 rings (SSSR count). The van der Waals surface area contributed by atoms with E-state index < -0.39 is 0 Å². The minimum absolute atomic E-state index is 0.0730. The van der Waals surface area contributed by atoms with Crippen LogP contribution in [0.2, 0.25) is 0 Å². The molecule has 1 aromatic carbocycles. The summed E-state index contributed by atoms with van der Waals surface area (Å²) in [6.07, 6.45) is 3.27. The van der Waals surface area contributed by atoms with Gasteiger partial charge in [-0.15, -0.1) is 0 Å². The Balaban J connectivity index is 2.11. The van der Waals surface area contributed by atoms with E-state index in [4.69, 9.17) is 0 Å². The number of allylic oxidation sites excluding steroid dienone is 1. The molecule has 0 aliphatic carbocycles. The Morgan fingerprint density at radius 2 is 2.06 bits per heavy atom. The van der Waals surface area contributed by atoms with E-state index in [1.807, 2.05) is 13.0 Å². The van der Waals surface area contributed by atoms with Crippen molar-refractivity contribution >= 4 is 11.6 Å². The number of hydrogen-bond acceptors (Lipinski definition) is 2. The molecule has 0 saturated carbocycles. The van der Waals surface area contributed by atoms with E-state index in [9.17, 15) is 4.79 Å². The zero-order chi connectivity index (χ0) is 13.1. The van der Waals surface area contributed by atoms with Crippen LogP contribution < -0.4 is 5.32 Å². The molecule has 3 nitrogen and oxygen atoms in total. The second kappa shape index (κ2) is 5.36. The average molecular weight is 244 g/mol. The van der Waals surface area contributed by atoms with Crippen molar-refractivity contribution in [2.24, 2.45) is 0 Å². The van der Waals surface area contributed by atoms with Crippen molar-refractivity contribution in [3.05, 3.63) is 41.5 Å². The zero-order valence-corrected chi connectivity index (χ0v) is 11.2. The van der Waals surface area contributed by atoms with Crippen LogP contribution in [-0.4, -0.2) is 16.8 Å². The van der Waals surface area contributed by atoms with Gasteiger partial charge in [0.05, 0.1) is 0 Å². The zero-order valence-electron chi connectivity index (χ0n) is 11.2. The number of fused-ring (bicyclic) bond motifs is 1. The van der Waals surface area contributed by atoms with E-state index in [1.54, 1.807) is 6.08 Å². The lowest BCUT2D eigenvalue weighted by Crippen LogP contribution is -2.24. The van der Waals surface area contributed by atoms with Gasteiger partial charge in [0, 0.05) is 24.8 Å². The fourth-order valence-corrected chi connectivity index (χ4v) is 2.20. The maximum Gasteiger partial charge on any atom is 0.248 e. The third kappa shape index (κ3) is 2.79. The first-order chi connectivity index (χ1) is 8.60. The van der Waals surface area contributed by atoms with E-state index in [2.05, 4.69) is 36.2 Å². The van der Waals surface area contributed by atoms with Crippen LogP contribution in [0.3, 0.4) is 0 Å². The lowest BCUT2D eigenvalue weighted by atomic mass is 10.1. The van der Waals surface area contributed by atoms with Crippen molar-refractivity contribution in [3.63, 3.8) is 0 Å². The van der Waals surface area contributed by atoms with Gasteiger partial charge in [0.1, 0.15) is 0 Å². The third-order valence-electron chi connectivity index (χ3n) is 3.27. The number of hydrogen-bond donors (Lipinski definition) is 1. The van der Waals surface area contributed by atoms with E-state index in [0.717, 1.165) is 18.8 Å². The van der Waals surface area contributed by atoms with Crippen molar-refractivity contribution in [2.75, 3.05) is 5.32 Å². The summed E-state index contributed by atoms with van der Waals surface area (Å²) in [5.74, 6) is -0.0730. The highest BCUT2D eigenvalue weighted by molar-refractivity contribution is 5.99. The minimum Gasteiger partial charge on any atom is -0.323 e. The molecule has 0 bridgehead atoms. The highest BCUT2D eigenvalue weighted by Gasteiger charge is 2.20. The van der Waals surface area contributed by atoms with Gasteiger partial charge in [-0.05, 0) is 50.1 Å². The van der Waals surface area contributed by atoms with Crippen molar-refractivity contribution in [2.45, 2.75) is 39.9 Å². The molecule has 1 N–H and O–H groups in total. The van der Waals surface area contributed by atoms with Crippen LogP contribution in [0.5, 0.6) is 0 Å². The number of benzene rings is 1. The van der Waals surface area contributed by atoms with Gasteiger partial charge < -0.3 is 5.32 Å². The molecule has 0 spiro atoms. The molecule has 0 aromatic heterocycles. The van der Waals surface area contributed by atoms with Crippen LogP contribution in [0.15, 0.2) is 30.4 Å². The van der Waals surface area contributed by atoms with Crippen LogP contribution in [-0.2, 0) is 17.9 Å². The predicted molar refractivity (Wildman–Crippen MR) is 74.3 cm³/mol. The monoisotopic (exact) mass is 244 g/mol. The van der Waals surface area contributed by atoms with Crippen LogP contribution in [0.1, 0.15) is 31.9 Å². The Morgan fingerprint density at radius 1 is 1.33 bits per heavy atom. The van der Waals surface area contributed by atoms with E-state index >= 15 is 0 Å². The summed E-state index contributed by atoms with van der Waals surface area (Å²) in [6.45, 7) is 8.24. The molecule has 0 radical (unpaired) electrons. The second-order valence-electron chi connectivity index (χ2n) is 4.97. The summed E-state index contributed by atoms with van der Waals surface area (Å²) in [5, 5.41) is 2.87. The minimum atomic E-state index is -0.0730. The number of nitrogens with one attached hydrogen (secondary N) is 1. The number of carbonyl (C=O) groups is 1. The molecule has 1 aliphatic heterocycles. The van der Waals surface area contributed by atoms with Crippen molar-refractivity contribution in [3.8, 4) is 0 Å². The van der Waals surface area contributed by atoms with Gasteiger partial charge in [0.15, 0.2) is 0 Å². The Kier molecular flexibility index (Phi) is 3.82. The van der Waals surface area contributed by atoms with Gasteiger partial charge in [-0.3, -0.25) is 9.69 Å². The van der Waals surface area contributed by atoms with Crippen molar-refractivity contribution < 1.29 is 4.79 Å². The number of nitrogens with zero attached hydrogens (tertiary/aromatic N) is 1. The highest BCUT2D eigenvalue weighted by Crippen LogP contribution is 2.27. The normalized spacial score (nSPS) is 15.3. The number of anilines is 1. The largest absolute Gasteiger partial charge is 0.323 e. The van der Waals surface area contributed by atoms with E-state index in [-0.39, 0.29) is 5.91 Å². The third-order valence-corrected chi connectivity index (χ3v) is 3.27. The van der Waals surface area contributed by atoms with E-state index in [0.29, 0.717) is 6.04 Å². The van der Waals surface area contributed by atoms with Crippen LogP contribution in [0.4, 0.5) is 5.69 Å². The van der Waals surface area contributed by atoms with Crippen LogP contribution >= 0.6 is 0 Å². The Morgan fingerprint density at radius 3 is 2.72 bits per heavy atom. The van der Waals surface area contributed by atoms with Crippen molar-refractivity contribution in [1.29, 1.82) is 0 Å². The fraction of sp³-hybridized carbons (Fsp3) is 0.400. The highest BCUT2D eigenvalue weighted by atomic mass is 16.1. The summed E-state index contributed by atoms with van der Waals surface area (Å²) in [6, 6.07) is 6.73. The lowest BCUT2D eigenvalue weighted by molar-refractivity contribution is -0.111. The molecular formula is C15H20N2O. The first-order valence-corrected chi connectivity index (χ1v) is 6.39. The van der Waals surface area contributed by atoms with Gasteiger partial charge in [0.2, 0.25) is 5.91 Å². The molecule has 18 heavy (non-hydrogen) atoms. The molecular weight excluding hydrogens is 224 g/mol. The molecule has 0 unspecified atom stereocenters. The van der Waals surface area contributed by atoms with Gasteiger partial charge in [0.25, 0.3) is 0 Å². The topological polar surface area (TPSA) is 32.3 Å². The smallest absolute Gasteiger partial charge is 0.248 e. The number of amides is 1. The summed E-state index contributed by atoms with van der Waals surface area (Å²) in [4.78, 5) is 13.9. The van der Waals surface area contributed by atoms with Crippen LogP contribution in [0.25, 0.3) is 0 Å². The maximum absolute atomic E-state index is 11.5. The lowest BCUT2D eigenvalue weighted by Gasteiger charge is -2.18. The molecule has 1 heterocycles. The molecule has 0 atom stereocenters. The Hall–Kier alpha value is -1.61. The summed E-state index contributed by atoms with van der Waals surface area (Å²) < 4.78 is 0. The number of rotatable bonds is 3. The summed E-state index contributed by atoms with van der Waals surface area (Å²) in [7, 11) is 0. The maximum atomic E-state index is 11.5. The fourth-order valence-electron chi connectivity index (χ4n) is 2.20. The SMILES string of the molecule is C/C=C/C(=O)Nc1ccc2c(c1)CN(C(C)C)C2. The first-order valence-electron chi connectivity index (χ1n) is 6.39. The molecule has 0 saturated heterocycles. The first kappa shape index (κ1) is 12.8. The molecule has 1 aliphatic rings. The Labute approximate surface area is 108 Å². The molecule has 1 amide bonds. The summed E-state index contributed by atoms with van der Waals surface area (Å²) in [5.41, 5.74) is 3.57. The second-order valence-corrected chi connectivity index (χ2v) is 4.97. The van der Waals surface area contributed by atoms with Gasteiger partial charge in [-0.2, -0.15) is 0 Å². The average Bonchev–Trinajstić information content (AvgIpc) is 2.72. The van der Waals surface area contributed by atoms with E-state index in [1.165, 1.54) is 17.2 Å². The van der Waals surface area contributed by atoms with Gasteiger partial charge in [-0.1, -0.05) is 12.1 Å². The molecule has 3 heteroatoms. The predicted octanol–water partition coefficient (Wildman–Crippen LogP) is 2.93. The Bertz CT molecular complexity index is 477. The van der Waals surface area contributed by atoms with Crippen molar-refractivity contribution in [1.82, 2.24) is 4.90 Å². The van der Waals surface area contributed by atoms with Gasteiger partial charge in [-0.25, -0.2) is 0 Å². The standard InChI is InChI=1S/C15H20N2O/c1-4-5-15(18)16-14-7-6-12-9-17(11(2)3)10-13(12)8-14/h4-8,11H,9-10H2,1-3H3,(H,16,18)/b5-4+. The molecule has 1 aromatic rings. The summed E-state index contributed by atoms with van der Waals surface area (Å²) >= 11 is 0. The van der Waals surface area contributed by atoms with Gasteiger partial charge >= 0.3 is 0 Å². The number of carbonyl (C=O) groups excluding carboxylic acids is 1. The van der Waals surface area contributed by atoms with Crippen LogP contribution in [0, 0.1) is 0 Å². The molecule has 96 valence electrons. The quantitative estimate of drug-likeness (QED) is 0.829. The molecule has 0 fully saturated rings.